The van der Waals surface area contributed by atoms with Gasteiger partial charge in [-0.25, -0.2) is 4.79 Å². The molecule has 0 unspecified atom stereocenters. The van der Waals surface area contributed by atoms with Gasteiger partial charge in [-0.15, -0.1) is 0 Å². The van der Waals surface area contributed by atoms with Gasteiger partial charge in [0, 0.05) is 0 Å². The Bertz CT molecular complexity index is 813. The fourth-order valence-corrected chi connectivity index (χ4v) is 3.02. The van der Waals surface area contributed by atoms with E-state index in [2.05, 4.69) is 16.0 Å². The van der Waals surface area contributed by atoms with E-state index in [1.54, 1.807) is 18.2 Å². The summed E-state index contributed by atoms with van der Waals surface area (Å²) in [5.74, 6) is 0. The summed E-state index contributed by atoms with van der Waals surface area (Å²) in [5.41, 5.74) is 1.18. The second-order valence-electron chi connectivity index (χ2n) is 5.38. The van der Waals surface area contributed by atoms with Crippen LogP contribution in [0.2, 0.25) is 10.0 Å². The van der Waals surface area contributed by atoms with Gasteiger partial charge in [0.05, 0.1) is 15.7 Å². The summed E-state index contributed by atoms with van der Waals surface area (Å²) in [4.78, 5) is 12.1. The number of para-hydroxylation sites is 1. The minimum Gasteiger partial charge on any atom is -0.445 e. The van der Waals surface area contributed by atoms with Gasteiger partial charge in [-0.1, -0.05) is 94.4 Å². The Morgan fingerprint density at radius 1 is 1.00 bits per heavy atom. The third-order valence-electron chi connectivity index (χ3n) is 3.28. The van der Waals surface area contributed by atoms with Crippen LogP contribution in [0.5, 0.6) is 0 Å². The van der Waals surface area contributed by atoms with Crippen molar-refractivity contribution in [1.29, 1.82) is 0 Å². The molecule has 2 aromatic rings. The van der Waals surface area contributed by atoms with Crippen molar-refractivity contribution in [2.24, 2.45) is 0 Å². The highest BCUT2D eigenvalue weighted by Crippen LogP contribution is 2.31. The number of alkyl halides is 3. The number of carbonyl (C=O) groups is 1. The van der Waals surface area contributed by atoms with Gasteiger partial charge in [0.25, 0.3) is 0 Å². The minimum absolute atomic E-state index is 0.0229. The van der Waals surface area contributed by atoms with E-state index in [4.69, 9.17) is 75.0 Å². The van der Waals surface area contributed by atoms with Crippen molar-refractivity contribution in [1.82, 2.24) is 10.6 Å². The van der Waals surface area contributed by atoms with Crippen LogP contribution in [0.4, 0.5) is 10.5 Å². The molecule has 0 aromatic heterocycles. The summed E-state index contributed by atoms with van der Waals surface area (Å²) >= 11 is 35.1. The second-order valence-corrected chi connectivity index (χ2v) is 8.97. The van der Waals surface area contributed by atoms with E-state index < -0.39 is 16.1 Å². The number of nitrogens with one attached hydrogen (secondary N) is 3. The summed E-state index contributed by atoms with van der Waals surface area (Å²) in [6.45, 7) is 0.0528. The van der Waals surface area contributed by atoms with Crippen molar-refractivity contribution in [3.63, 3.8) is 0 Å². The highest BCUT2D eigenvalue weighted by molar-refractivity contribution is 7.80. The Kier molecular flexibility index (Phi) is 8.74. The van der Waals surface area contributed by atoms with Crippen LogP contribution in [0.1, 0.15) is 5.56 Å². The summed E-state index contributed by atoms with van der Waals surface area (Å²) in [5, 5.41) is 8.61. The number of hydrogen-bond donors (Lipinski definition) is 3. The number of amides is 1. The molecule has 1 atom stereocenters. The highest BCUT2D eigenvalue weighted by atomic mass is 35.6. The third-order valence-corrected chi connectivity index (χ3v) is 4.78. The van der Waals surface area contributed by atoms with Crippen LogP contribution in [-0.4, -0.2) is 21.2 Å². The molecule has 28 heavy (non-hydrogen) atoms. The van der Waals surface area contributed by atoms with Crippen LogP contribution in [0.15, 0.2) is 48.5 Å². The van der Waals surface area contributed by atoms with Crippen LogP contribution in [0.25, 0.3) is 0 Å². The zero-order valence-corrected chi connectivity index (χ0v) is 18.6. The first kappa shape index (κ1) is 23.1. The van der Waals surface area contributed by atoms with Crippen molar-refractivity contribution in [3.8, 4) is 0 Å². The quantitative estimate of drug-likeness (QED) is 0.270. The van der Waals surface area contributed by atoms with E-state index in [1.165, 1.54) is 0 Å². The maximum Gasteiger partial charge on any atom is 0.409 e. The van der Waals surface area contributed by atoms with Crippen molar-refractivity contribution in [3.05, 3.63) is 64.1 Å². The van der Waals surface area contributed by atoms with Gasteiger partial charge in [-0.05, 0) is 29.9 Å². The van der Waals surface area contributed by atoms with Crippen molar-refractivity contribution >= 4 is 87.1 Å². The van der Waals surface area contributed by atoms with Crippen LogP contribution in [0, 0.1) is 0 Å². The highest BCUT2D eigenvalue weighted by Gasteiger charge is 2.35. The molecule has 0 bridgehead atoms. The molecule has 0 radical (unpaired) electrons. The maximum atomic E-state index is 12.1. The molecule has 0 spiro atoms. The Labute approximate surface area is 192 Å². The number of benzene rings is 2. The average molecular weight is 502 g/mol. The zero-order valence-electron chi connectivity index (χ0n) is 14.0. The molecule has 5 nitrogen and oxygen atoms in total. The van der Waals surface area contributed by atoms with Gasteiger partial charge in [-0.2, -0.15) is 0 Å². The van der Waals surface area contributed by atoms with Gasteiger partial charge in [0.15, 0.2) is 11.3 Å². The molecule has 150 valence electrons. The Balaban J connectivity index is 1.97. The van der Waals surface area contributed by atoms with E-state index in [9.17, 15) is 4.79 Å². The summed E-state index contributed by atoms with van der Waals surface area (Å²) in [7, 11) is 0. The molecule has 0 heterocycles. The van der Waals surface area contributed by atoms with Crippen molar-refractivity contribution in [2.45, 2.75) is 16.6 Å². The standard InChI is InChI=1S/C17H14Cl5N3O2S/c18-11-7-4-8-12(19)13(11)23-15(28)24-14(17(20,21)22)25-16(26)27-9-10-5-2-1-3-6-10/h1-8,14H,9H2,(H,25,26)(H2,23,24,28)/t14-/m0/s1. The molecular formula is C17H14Cl5N3O2S. The van der Waals surface area contributed by atoms with Gasteiger partial charge >= 0.3 is 6.09 Å². The number of hydrogen-bond acceptors (Lipinski definition) is 3. The number of halogens is 5. The van der Waals surface area contributed by atoms with Gasteiger partial charge < -0.3 is 15.4 Å². The van der Waals surface area contributed by atoms with Crippen molar-refractivity contribution in [2.75, 3.05) is 5.32 Å². The molecule has 0 aliphatic heterocycles. The molecule has 2 aromatic carbocycles. The normalized spacial score (nSPS) is 12.0. The number of anilines is 1. The topological polar surface area (TPSA) is 62.4 Å². The Morgan fingerprint density at radius 3 is 2.18 bits per heavy atom. The minimum atomic E-state index is -1.93. The third kappa shape index (κ3) is 7.35. The molecule has 0 fully saturated rings. The lowest BCUT2D eigenvalue weighted by Crippen LogP contribution is -2.56. The summed E-state index contributed by atoms with van der Waals surface area (Å²) in [6.07, 6.45) is -1.99. The lowest BCUT2D eigenvalue weighted by molar-refractivity contribution is 0.135. The predicted molar refractivity (Wildman–Crippen MR) is 120 cm³/mol. The van der Waals surface area contributed by atoms with Gasteiger partial charge in [0.2, 0.25) is 3.79 Å². The lowest BCUT2D eigenvalue weighted by atomic mass is 10.2. The van der Waals surface area contributed by atoms with Crippen LogP contribution in [-0.2, 0) is 11.3 Å². The molecular weight excluding hydrogens is 488 g/mol. The fourth-order valence-electron chi connectivity index (χ4n) is 1.98. The predicted octanol–water partition coefficient (Wildman–Crippen LogP) is 5.90. The summed E-state index contributed by atoms with van der Waals surface area (Å²) < 4.78 is 3.19. The number of rotatable bonds is 5. The van der Waals surface area contributed by atoms with Crippen molar-refractivity contribution < 1.29 is 9.53 Å². The first-order chi connectivity index (χ1) is 13.2. The molecule has 0 saturated carbocycles. The smallest absolute Gasteiger partial charge is 0.409 e. The summed E-state index contributed by atoms with van der Waals surface area (Å²) in [6, 6.07) is 14.1. The largest absolute Gasteiger partial charge is 0.445 e. The second kappa shape index (κ2) is 10.6. The zero-order chi connectivity index (χ0) is 20.7. The van der Waals surface area contributed by atoms with E-state index in [-0.39, 0.29) is 11.7 Å². The first-order valence-electron chi connectivity index (χ1n) is 7.72. The molecule has 0 aliphatic rings. The van der Waals surface area contributed by atoms with E-state index in [0.29, 0.717) is 15.7 Å². The van der Waals surface area contributed by atoms with E-state index >= 15 is 0 Å². The fraction of sp³-hybridized carbons (Fsp3) is 0.176. The maximum absolute atomic E-state index is 12.1. The first-order valence-corrected chi connectivity index (χ1v) is 10.0. The number of alkyl carbamates (subject to hydrolysis) is 1. The molecule has 1 amide bonds. The van der Waals surface area contributed by atoms with Crippen LogP contribution < -0.4 is 16.0 Å². The van der Waals surface area contributed by atoms with Crippen LogP contribution in [0.3, 0.4) is 0 Å². The molecule has 11 heteroatoms. The van der Waals surface area contributed by atoms with E-state index in [0.717, 1.165) is 5.56 Å². The van der Waals surface area contributed by atoms with Gasteiger partial charge in [0.1, 0.15) is 6.61 Å². The average Bonchev–Trinajstić information content (AvgIpc) is 2.63. The number of carbonyl (C=O) groups excluding carboxylic acids is 1. The molecule has 0 saturated heterocycles. The monoisotopic (exact) mass is 499 g/mol. The molecule has 0 aliphatic carbocycles. The SMILES string of the molecule is O=C(N[C@H](NC(=S)Nc1c(Cl)cccc1Cl)C(Cl)(Cl)Cl)OCc1ccccc1. The molecule has 2 rings (SSSR count). The van der Waals surface area contributed by atoms with E-state index in [1.807, 2.05) is 30.3 Å². The number of thiocarbonyl (C=S) groups is 1. The Morgan fingerprint density at radius 2 is 1.61 bits per heavy atom. The molecule has 3 N–H and O–H groups in total. The Hall–Kier alpha value is -1.15. The van der Waals surface area contributed by atoms with Gasteiger partial charge in [-0.3, -0.25) is 5.32 Å². The lowest BCUT2D eigenvalue weighted by Gasteiger charge is -2.27. The van der Waals surface area contributed by atoms with Crippen LogP contribution >= 0.6 is 70.2 Å². The number of ether oxygens (including phenoxy) is 1.